The summed E-state index contributed by atoms with van der Waals surface area (Å²) in [6, 6.07) is 12.1. The van der Waals surface area contributed by atoms with E-state index in [0.29, 0.717) is 0 Å². The van der Waals surface area contributed by atoms with Crippen LogP contribution in [0.3, 0.4) is 0 Å². The van der Waals surface area contributed by atoms with Gasteiger partial charge in [0.25, 0.3) is 5.91 Å². The first-order chi connectivity index (χ1) is 8.00. The Morgan fingerprint density at radius 1 is 1.00 bits per heavy atom. The van der Waals surface area contributed by atoms with Gasteiger partial charge in [0, 0.05) is 16.6 Å². The van der Waals surface area contributed by atoms with Gasteiger partial charge in [-0.1, -0.05) is 43.9 Å². The Balaban J connectivity index is 2.39. The molecule has 1 heterocycles. The van der Waals surface area contributed by atoms with Crippen LogP contribution in [0.4, 0.5) is 5.69 Å². The largest absolute Gasteiger partial charge is 0.336 e. The summed E-state index contributed by atoms with van der Waals surface area (Å²) in [5, 5.41) is 2.29. The molecule has 2 aromatic carbocycles. The Hall–Kier alpha value is -1.61. The molecule has 0 bridgehead atoms. The van der Waals surface area contributed by atoms with Crippen LogP contribution >= 0.6 is 0 Å². The second-order valence-electron chi connectivity index (χ2n) is 5.49. The number of hydrogen-bond donors (Lipinski definition) is 0. The minimum atomic E-state index is -1.68. The number of benzene rings is 2. The van der Waals surface area contributed by atoms with Crippen LogP contribution in [-0.4, -0.2) is 14.1 Å². The van der Waals surface area contributed by atoms with Gasteiger partial charge in [0.05, 0.1) is 0 Å². The van der Waals surface area contributed by atoms with E-state index in [1.807, 2.05) is 22.8 Å². The second kappa shape index (κ2) is 3.20. The quantitative estimate of drug-likeness (QED) is 0.698. The van der Waals surface area contributed by atoms with Crippen LogP contribution in [0.5, 0.6) is 0 Å². The molecule has 0 N–H and O–H groups in total. The number of hydrogen-bond acceptors (Lipinski definition) is 1. The van der Waals surface area contributed by atoms with Crippen molar-refractivity contribution in [2.24, 2.45) is 0 Å². The zero-order chi connectivity index (χ0) is 12.2. The summed E-state index contributed by atoms with van der Waals surface area (Å²) in [5.74, 6) is 0.177. The molecule has 0 radical (unpaired) electrons. The van der Waals surface area contributed by atoms with Gasteiger partial charge in [-0.25, -0.2) is 0 Å². The predicted molar refractivity (Wildman–Crippen MR) is 74.1 cm³/mol. The molecule has 3 rings (SSSR count). The van der Waals surface area contributed by atoms with Crippen LogP contribution in [0.15, 0.2) is 36.4 Å². The van der Waals surface area contributed by atoms with E-state index in [0.717, 1.165) is 22.0 Å². The van der Waals surface area contributed by atoms with Crippen LogP contribution in [-0.2, 0) is 0 Å². The molecule has 0 unspecified atom stereocenters. The fraction of sp³-hybridized carbons (Fsp3) is 0.214. The van der Waals surface area contributed by atoms with E-state index >= 15 is 0 Å². The number of anilines is 1. The molecule has 17 heavy (non-hydrogen) atoms. The number of carbonyl (C=O) groups excluding carboxylic acids is 1. The van der Waals surface area contributed by atoms with Crippen molar-refractivity contribution < 1.29 is 4.79 Å². The maximum absolute atomic E-state index is 12.5. The van der Waals surface area contributed by atoms with E-state index in [2.05, 4.69) is 37.8 Å². The fourth-order valence-electron chi connectivity index (χ4n) is 2.58. The minimum absolute atomic E-state index is 0.177. The van der Waals surface area contributed by atoms with Crippen LogP contribution in [0, 0.1) is 0 Å². The molecule has 2 aromatic rings. The third-order valence-corrected chi connectivity index (χ3v) is 5.01. The lowest BCUT2D eigenvalue weighted by molar-refractivity contribution is 0.101. The lowest BCUT2D eigenvalue weighted by Gasteiger charge is -2.30. The first-order valence-electron chi connectivity index (χ1n) is 5.86. The van der Waals surface area contributed by atoms with Crippen molar-refractivity contribution in [1.82, 2.24) is 0 Å². The van der Waals surface area contributed by atoms with Crippen LogP contribution in [0.1, 0.15) is 10.4 Å². The monoisotopic (exact) mass is 241 g/mol. The standard InChI is InChI=1S/C14H15NOSi/c1-17(2,3)15-12-9-5-7-10-6-4-8-11(13(10)12)14(15)16/h4-9H,1-3H3. The van der Waals surface area contributed by atoms with Crippen LogP contribution < -0.4 is 4.57 Å². The highest BCUT2D eigenvalue weighted by molar-refractivity contribution is 6.84. The van der Waals surface area contributed by atoms with Crippen molar-refractivity contribution in [2.75, 3.05) is 4.57 Å². The van der Waals surface area contributed by atoms with Gasteiger partial charge in [0.15, 0.2) is 8.24 Å². The maximum atomic E-state index is 12.5. The number of rotatable bonds is 1. The van der Waals surface area contributed by atoms with Gasteiger partial charge >= 0.3 is 0 Å². The molecule has 0 atom stereocenters. The highest BCUT2D eigenvalue weighted by Crippen LogP contribution is 2.39. The summed E-state index contributed by atoms with van der Waals surface area (Å²) < 4.78 is 2.03. The topological polar surface area (TPSA) is 20.3 Å². The molecule has 3 heteroatoms. The molecule has 0 aliphatic carbocycles. The Morgan fingerprint density at radius 3 is 2.29 bits per heavy atom. The zero-order valence-electron chi connectivity index (χ0n) is 10.3. The smallest absolute Gasteiger partial charge is 0.251 e. The summed E-state index contributed by atoms with van der Waals surface area (Å²) >= 11 is 0. The van der Waals surface area contributed by atoms with Gasteiger partial charge in [-0.2, -0.15) is 0 Å². The van der Waals surface area contributed by atoms with Crippen molar-refractivity contribution in [2.45, 2.75) is 19.6 Å². The molecule has 0 fully saturated rings. The number of amides is 1. The molecule has 0 saturated carbocycles. The van der Waals surface area contributed by atoms with Crippen molar-refractivity contribution in [3.05, 3.63) is 42.0 Å². The van der Waals surface area contributed by atoms with E-state index in [-0.39, 0.29) is 5.91 Å². The van der Waals surface area contributed by atoms with Crippen LogP contribution in [0.25, 0.3) is 10.8 Å². The lowest BCUT2D eigenvalue weighted by Crippen LogP contribution is -2.48. The molecule has 0 aromatic heterocycles. The van der Waals surface area contributed by atoms with E-state index in [9.17, 15) is 4.79 Å². The van der Waals surface area contributed by atoms with Crippen molar-refractivity contribution in [1.29, 1.82) is 0 Å². The third kappa shape index (κ3) is 1.35. The van der Waals surface area contributed by atoms with Crippen molar-refractivity contribution >= 4 is 30.6 Å². The lowest BCUT2D eigenvalue weighted by atomic mass is 10.1. The molecule has 86 valence electrons. The fourth-order valence-corrected chi connectivity index (χ4v) is 4.22. The van der Waals surface area contributed by atoms with E-state index in [1.54, 1.807) is 0 Å². The summed E-state index contributed by atoms with van der Waals surface area (Å²) in [7, 11) is -1.68. The Kier molecular flexibility index (Phi) is 1.98. The minimum Gasteiger partial charge on any atom is -0.336 e. The molecule has 0 saturated heterocycles. The first kappa shape index (κ1) is 10.5. The number of carbonyl (C=O) groups is 1. The Morgan fingerprint density at radius 2 is 1.65 bits per heavy atom. The van der Waals surface area contributed by atoms with Gasteiger partial charge in [-0.15, -0.1) is 0 Å². The second-order valence-corrected chi connectivity index (χ2v) is 10.3. The van der Waals surface area contributed by atoms with Crippen molar-refractivity contribution in [3.63, 3.8) is 0 Å². The maximum Gasteiger partial charge on any atom is 0.251 e. The zero-order valence-corrected chi connectivity index (χ0v) is 11.3. The van der Waals surface area contributed by atoms with Gasteiger partial charge < -0.3 is 4.57 Å². The molecule has 1 aliphatic rings. The summed E-state index contributed by atoms with van der Waals surface area (Å²) in [6.07, 6.45) is 0. The highest BCUT2D eigenvalue weighted by Gasteiger charge is 2.37. The third-order valence-electron chi connectivity index (χ3n) is 3.23. The molecule has 0 spiro atoms. The Bertz CT molecular complexity index is 622. The van der Waals surface area contributed by atoms with E-state index in [1.165, 1.54) is 0 Å². The predicted octanol–water partition coefficient (Wildman–Crippen LogP) is 3.63. The molecule has 1 aliphatic heterocycles. The summed E-state index contributed by atoms with van der Waals surface area (Å²) in [6.45, 7) is 6.61. The van der Waals surface area contributed by atoms with Gasteiger partial charge in [-0.3, -0.25) is 4.79 Å². The molecular weight excluding hydrogens is 226 g/mol. The average molecular weight is 241 g/mol. The molecule has 2 nitrogen and oxygen atoms in total. The summed E-state index contributed by atoms with van der Waals surface area (Å²) in [4.78, 5) is 12.5. The van der Waals surface area contributed by atoms with E-state index in [4.69, 9.17) is 0 Å². The average Bonchev–Trinajstić information content (AvgIpc) is 2.54. The SMILES string of the molecule is C[Si](C)(C)N1C(=O)c2cccc3cccc1c23. The van der Waals surface area contributed by atoms with Crippen molar-refractivity contribution in [3.8, 4) is 0 Å². The van der Waals surface area contributed by atoms with E-state index < -0.39 is 8.24 Å². The first-order valence-corrected chi connectivity index (χ1v) is 9.31. The van der Waals surface area contributed by atoms with Gasteiger partial charge in [-0.05, 0) is 17.5 Å². The van der Waals surface area contributed by atoms with Crippen LogP contribution in [0.2, 0.25) is 19.6 Å². The Labute approximate surface area is 102 Å². The van der Waals surface area contributed by atoms with Gasteiger partial charge in [0.2, 0.25) is 0 Å². The number of nitrogens with zero attached hydrogens (tertiary/aromatic N) is 1. The molecule has 1 amide bonds. The normalized spacial score (nSPS) is 14.8. The highest BCUT2D eigenvalue weighted by atomic mass is 28.3. The van der Waals surface area contributed by atoms with Gasteiger partial charge in [0.1, 0.15) is 0 Å². The summed E-state index contributed by atoms with van der Waals surface area (Å²) in [5.41, 5.74) is 1.96. The molecular formula is C14H15NOSi.